The summed E-state index contributed by atoms with van der Waals surface area (Å²) in [4.78, 5) is 10.4. The lowest BCUT2D eigenvalue weighted by Crippen LogP contribution is -2.45. The molecular weight excluding hydrogens is 393 g/mol. The third kappa shape index (κ3) is 16.5. The van der Waals surface area contributed by atoms with Crippen molar-refractivity contribution in [2.75, 3.05) is 27.7 Å². The van der Waals surface area contributed by atoms with E-state index >= 15 is 0 Å². The van der Waals surface area contributed by atoms with Crippen molar-refractivity contribution in [1.29, 1.82) is 0 Å². The van der Waals surface area contributed by atoms with E-state index in [0.29, 0.717) is 17.5 Å². The molecule has 0 fully saturated rings. The minimum absolute atomic E-state index is 0.334. The minimum atomic E-state index is -3.56. The first-order chi connectivity index (χ1) is 14.3. The summed E-state index contributed by atoms with van der Waals surface area (Å²) in [5, 5.41) is 0. The van der Waals surface area contributed by atoms with E-state index in [4.69, 9.17) is 4.52 Å². The normalized spacial score (nSPS) is 15.5. The van der Waals surface area contributed by atoms with E-state index in [1.165, 1.54) is 77.0 Å². The molecule has 2 atom stereocenters. The standard InChI is InChI=1S/C25H52NO3P/c1-6-8-9-10-11-12-13-14-15-16-17-18-19-20-21-22-24-29-30(27,28)25(23-7-2)26(3,4)5/h10-11,25H,6-9,12-24H2,1-5H3/p+1/b11-10-. The quantitative estimate of drug-likeness (QED) is 0.0839. The maximum Gasteiger partial charge on any atom is 0.385 e. The number of rotatable bonds is 21. The molecule has 30 heavy (non-hydrogen) atoms. The first kappa shape index (κ1) is 29.9. The molecule has 5 heteroatoms. The van der Waals surface area contributed by atoms with Gasteiger partial charge in [0.05, 0.1) is 27.7 Å². The molecule has 0 saturated carbocycles. The predicted octanol–water partition coefficient (Wildman–Crippen LogP) is 8.06. The molecule has 4 nitrogen and oxygen atoms in total. The zero-order valence-corrected chi connectivity index (χ0v) is 21.8. The van der Waals surface area contributed by atoms with Gasteiger partial charge in [-0.2, -0.15) is 0 Å². The Morgan fingerprint density at radius 3 is 1.70 bits per heavy atom. The Bertz CT molecular complexity index is 460. The van der Waals surface area contributed by atoms with E-state index in [1.54, 1.807) is 0 Å². The van der Waals surface area contributed by atoms with Crippen LogP contribution in [0.2, 0.25) is 0 Å². The summed E-state index contributed by atoms with van der Waals surface area (Å²) in [6.45, 7) is 4.70. The lowest BCUT2D eigenvalue weighted by Gasteiger charge is -2.35. The van der Waals surface area contributed by atoms with Crippen LogP contribution in [0.25, 0.3) is 0 Å². The van der Waals surface area contributed by atoms with Crippen LogP contribution in [0.5, 0.6) is 0 Å². The van der Waals surface area contributed by atoms with Crippen LogP contribution < -0.4 is 0 Å². The monoisotopic (exact) mass is 446 g/mol. The average Bonchev–Trinajstić information content (AvgIpc) is 2.67. The van der Waals surface area contributed by atoms with Crippen molar-refractivity contribution in [3.63, 3.8) is 0 Å². The molecule has 0 amide bonds. The molecule has 0 aliphatic carbocycles. The summed E-state index contributed by atoms with van der Waals surface area (Å²) in [6.07, 6.45) is 24.0. The first-order valence-electron chi connectivity index (χ1n) is 12.7. The van der Waals surface area contributed by atoms with E-state index in [2.05, 4.69) is 26.0 Å². The first-order valence-corrected chi connectivity index (χ1v) is 14.3. The molecular formula is C25H53NO3P+. The third-order valence-electron chi connectivity index (χ3n) is 5.75. The van der Waals surface area contributed by atoms with Crippen LogP contribution in [0.4, 0.5) is 0 Å². The Balaban J connectivity index is 3.57. The number of unbranched alkanes of at least 4 members (excludes halogenated alkanes) is 12. The molecule has 0 rings (SSSR count). The van der Waals surface area contributed by atoms with Gasteiger partial charge in [0.15, 0.2) is 5.78 Å². The molecule has 1 N–H and O–H groups in total. The topological polar surface area (TPSA) is 46.5 Å². The molecule has 0 radical (unpaired) electrons. The van der Waals surface area contributed by atoms with E-state index in [0.717, 1.165) is 19.3 Å². The highest BCUT2D eigenvalue weighted by atomic mass is 31.2. The van der Waals surface area contributed by atoms with Crippen molar-refractivity contribution in [2.45, 2.75) is 122 Å². The van der Waals surface area contributed by atoms with E-state index in [-0.39, 0.29) is 5.78 Å². The van der Waals surface area contributed by atoms with Crippen LogP contribution in [-0.4, -0.2) is 42.9 Å². The number of allylic oxidation sites excluding steroid dienone is 2. The Kier molecular flexibility index (Phi) is 18.3. The number of quaternary nitrogens is 1. The van der Waals surface area contributed by atoms with Crippen LogP contribution in [0.15, 0.2) is 12.2 Å². The Morgan fingerprint density at radius 2 is 1.23 bits per heavy atom. The van der Waals surface area contributed by atoms with Gasteiger partial charge >= 0.3 is 7.60 Å². The van der Waals surface area contributed by atoms with Gasteiger partial charge in [-0.3, -0.25) is 4.57 Å². The Labute approximate surface area is 188 Å². The van der Waals surface area contributed by atoms with Gasteiger partial charge in [0.2, 0.25) is 0 Å². The molecule has 0 aliphatic rings. The molecule has 0 saturated heterocycles. The Morgan fingerprint density at radius 1 is 0.767 bits per heavy atom. The van der Waals surface area contributed by atoms with E-state index in [1.807, 2.05) is 21.1 Å². The second-order valence-electron chi connectivity index (χ2n) is 9.72. The van der Waals surface area contributed by atoms with Gasteiger partial charge in [0, 0.05) is 6.42 Å². The summed E-state index contributed by atoms with van der Waals surface area (Å²) in [5.74, 6) is -0.334. The average molecular weight is 447 g/mol. The van der Waals surface area contributed by atoms with Crippen LogP contribution >= 0.6 is 7.60 Å². The highest BCUT2D eigenvalue weighted by Gasteiger charge is 2.41. The molecule has 0 aromatic carbocycles. The molecule has 0 aromatic heterocycles. The van der Waals surface area contributed by atoms with Gasteiger partial charge in [0.25, 0.3) is 0 Å². The van der Waals surface area contributed by atoms with E-state index in [9.17, 15) is 9.46 Å². The second kappa shape index (κ2) is 18.4. The van der Waals surface area contributed by atoms with Gasteiger partial charge in [-0.05, 0) is 32.1 Å². The third-order valence-corrected chi connectivity index (χ3v) is 8.01. The summed E-state index contributed by atoms with van der Waals surface area (Å²) in [7, 11) is 2.35. The van der Waals surface area contributed by atoms with Crippen LogP contribution in [0.3, 0.4) is 0 Å². The van der Waals surface area contributed by atoms with Crippen LogP contribution in [0.1, 0.15) is 117 Å². The van der Waals surface area contributed by atoms with Gasteiger partial charge in [-0.25, -0.2) is 0 Å². The summed E-state index contributed by atoms with van der Waals surface area (Å²) in [6, 6.07) is 0. The van der Waals surface area contributed by atoms with Crippen molar-refractivity contribution in [3.05, 3.63) is 12.2 Å². The summed E-state index contributed by atoms with van der Waals surface area (Å²) < 4.78 is 18.6. The summed E-state index contributed by atoms with van der Waals surface area (Å²) in [5.41, 5.74) is 0. The summed E-state index contributed by atoms with van der Waals surface area (Å²) >= 11 is 0. The van der Waals surface area contributed by atoms with Crippen LogP contribution in [-0.2, 0) is 9.09 Å². The molecule has 0 aliphatic heterocycles. The fraction of sp³-hybridized carbons (Fsp3) is 0.920. The SMILES string of the molecule is CCCC/C=C\CCCCCCCCCCCCOP(=O)(O)C(CCC)[N+](C)(C)C. The van der Waals surface area contributed by atoms with Crippen LogP contribution in [0, 0.1) is 0 Å². The smallest absolute Gasteiger partial charge is 0.320 e. The fourth-order valence-electron chi connectivity index (χ4n) is 3.86. The molecule has 0 aromatic rings. The zero-order chi connectivity index (χ0) is 22.7. The van der Waals surface area contributed by atoms with Crippen molar-refractivity contribution in [2.24, 2.45) is 0 Å². The molecule has 2 unspecified atom stereocenters. The maximum atomic E-state index is 12.6. The number of nitrogens with zero attached hydrogens (tertiary/aromatic N) is 1. The van der Waals surface area contributed by atoms with Gasteiger partial charge < -0.3 is 13.9 Å². The zero-order valence-electron chi connectivity index (χ0n) is 20.9. The van der Waals surface area contributed by atoms with Crippen molar-refractivity contribution < 1.29 is 18.5 Å². The van der Waals surface area contributed by atoms with Crippen molar-refractivity contribution in [1.82, 2.24) is 0 Å². The van der Waals surface area contributed by atoms with Gasteiger partial charge in [-0.1, -0.05) is 90.2 Å². The van der Waals surface area contributed by atoms with Crippen molar-refractivity contribution in [3.8, 4) is 0 Å². The largest absolute Gasteiger partial charge is 0.385 e. The second-order valence-corrected chi connectivity index (χ2v) is 11.7. The molecule has 0 spiro atoms. The lowest BCUT2D eigenvalue weighted by molar-refractivity contribution is -0.883. The van der Waals surface area contributed by atoms with E-state index < -0.39 is 7.60 Å². The highest BCUT2D eigenvalue weighted by Crippen LogP contribution is 2.51. The molecule has 0 bridgehead atoms. The molecule has 0 heterocycles. The lowest BCUT2D eigenvalue weighted by atomic mass is 10.1. The van der Waals surface area contributed by atoms with Crippen molar-refractivity contribution >= 4 is 7.60 Å². The van der Waals surface area contributed by atoms with Gasteiger partial charge in [0.1, 0.15) is 0 Å². The maximum absolute atomic E-state index is 12.6. The number of hydrogen-bond acceptors (Lipinski definition) is 2. The predicted molar refractivity (Wildman–Crippen MR) is 132 cm³/mol. The Hall–Kier alpha value is -0.150. The minimum Gasteiger partial charge on any atom is -0.320 e. The highest BCUT2D eigenvalue weighted by molar-refractivity contribution is 7.53. The molecule has 180 valence electrons. The van der Waals surface area contributed by atoms with Gasteiger partial charge in [-0.15, -0.1) is 0 Å². The fourth-order valence-corrected chi connectivity index (χ4v) is 5.89. The number of hydrogen-bond donors (Lipinski definition) is 1.